The van der Waals surface area contributed by atoms with Crippen molar-refractivity contribution in [2.24, 2.45) is 0 Å². The third kappa shape index (κ3) is 6.00. The normalized spacial score (nSPS) is 9.42. The highest BCUT2D eigenvalue weighted by Crippen LogP contribution is 2.17. The Kier molecular flexibility index (Phi) is 7.84. The Balaban J connectivity index is 0.000000254. The van der Waals surface area contributed by atoms with E-state index in [1.165, 1.54) is 25.3 Å². The molecule has 0 aliphatic carbocycles. The molecule has 0 radical (unpaired) electrons. The second-order valence-corrected chi connectivity index (χ2v) is 4.68. The van der Waals surface area contributed by atoms with Crippen molar-refractivity contribution < 1.29 is 29.3 Å². The molecule has 2 N–H and O–H groups in total. The highest BCUT2D eigenvalue weighted by Gasteiger charge is 2.16. The number of ether oxygens (including phenoxy) is 2. The minimum atomic E-state index is -1.29. The van der Waals surface area contributed by atoms with Gasteiger partial charge in [0.1, 0.15) is 11.5 Å². The molecule has 0 aliphatic heterocycles. The fraction of sp³-hybridized carbons (Fsp3) is 0.222. The lowest BCUT2D eigenvalue weighted by molar-refractivity contribution is 0.0651. The van der Waals surface area contributed by atoms with E-state index in [1.54, 1.807) is 0 Å². The van der Waals surface area contributed by atoms with Gasteiger partial charge in [0.15, 0.2) is 0 Å². The molecule has 0 aliphatic rings. The third-order valence-corrected chi connectivity index (χ3v) is 2.90. The standard InChI is InChI=1S/C9H8O5.C9H12O/c1-14-5-2-3-6(8(10)11)7(4-5)9(12)13;1-2-8-10-9-6-4-3-5-7-9/h2-4H,1H3,(H,10,11)(H,12,13);3-7H,2,8H2,1H3. The average Bonchev–Trinajstić information content (AvgIpc) is 2.60. The molecule has 0 amide bonds. The third-order valence-electron chi connectivity index (χ3n) is 2.90. The number of methoxy groups -OCH3 is 1. The fourth-order valence-electron chi connectivity index (χ4n) is 1.75. The maximum Gasteiger partial charge on any atom is 0.336 e. The van der Waals surface area contributed by atoms with E-state index >= 15 is 0 Å². The molecule has 0 fully saturated rings. The summed E-state index contributed by atoms with van der Waals surface area (Å²) in [5.74, 6) is -1.29. The molecule has 2 aromatic carbocycles. The molecule has 2 aromatic rings. The van der Waals surface area contributed by atoms with E-state index in [0.29, 0.717) is 5.75 Å². The van der Waals surface area contributed by atoms with Crippen LogP contribution in [0, 0.1) is 0 Å². The zero-order valence-corrected chi connectivity index (χ0v) is 13.6. The first-order valence-corrected chi connectivity index (χ1v) is 7.32. The van der Waals surface area contributed by atoms with Crippen molar-refractivity contribution in [3.05, 3.63) is 59.7 Å². The number of hydrogen-bond acceptors (Lipinski definition) is 4. The molecular weight excluding hydrogens is 312 g/mol. The Morgan fingerprint density at radius 3 is 2.04 bits per heavy atom. The van der Waals surface area contributed by atoms with Gasteiger partial charge in [0.2, 0.25) is 0 Å². The van der Waals surface area contributed by atoms with Crippen molar-refractivity contribution in [2.45, 2.75) is 13.3 Å². The van der Waals surface area contributed by atoms with E-state index in [0.717, 1.165) is 18.8 Å². The maximum atomic E-state index is 10.7. The second kappa shape index (κ2) is 9.89. The van der Waals surface area contributed by atoms with Gasteiger partial charge in [0, 0.05) is 0 Å². The first-order valence-electron chi connectivity index (χ1n) is 7.32. The SMILES string of the molecule is CCCOc1ccccc1.COc1ccc(C(=O)O)c(C(=O)O)c1. The van der Waals surface area contributed by atoms with Gasteiger partial charge in [-0.1, -0.05) is 25.1 Å². The van der Waals surface area contributed by atoms with Crippen molar-refractivity contribution in [3.63, 3.8) is 0 Å². The number of carboxylic acid groups (broad SMARTS) is 2. The molecule has 0 bridgehead atoms. The van der Waals surface area contributed by atoms with Gasteiger partial charge in [-0.25, -0.2) is 9.59 Å². The van der Waals surface area contributed by atoms with E-state index < -0.39 is 11.9 Å². The molecule has 0 saturated heterocycles. The molecule has 6 nitrogen and oxygen atoms in total. The van der Waals surface area contributed by atoms with Crippen molar-refractivity contribution in [1.29, 1.82) is 0 Å². The number of hydrogen-bond donors (Lipinski definition) is 2. The first kappa shape index (κ1) is 19.0. The van der Waals surface area contributed by atoms with Crippen LogP contribution in [0.2, 0.25) is 0 Å². The second-order valence-electron chi connectivity index (χ2n) is 4.68. The smallest absolute Gasteiger partial charge is 0.336 e. The molecule has 0 atom stereocenters. The molecule has 2 rings (SSSR count). The summed E-state index contributed by atoms with van der Waals surface area (Å²) in [6, 6.07) is 13.6. The van der Waals surface area contributed by atoms with Crippen LogP contribution in [0.25, 0.3) is 0 Å². The van der Waals surface area contributed by atoms with E-state index in [2.05, 4.69) is 6.92 Å². The summed E-state index contributed by atoms with van der Waals surface area (Å²) in [5, 5.41) is 17.4. The highest BCUT2D eigenvalue weighted by molar-refractivity contribution is 6.01. The Morgan fingerprint density at radius 1 is 0.917 bits per heavy atom. The van der Waals surface area contributed by atoms with Crippen molar-refractivity contribution in [1.82, 2.24) is 0 Å². The molecule has 24 heavy (non-hydrogen) atoms. The van der Waals surface area contributed by atoms with Gasteiger partial charge in [-0.3, -0.25) is 0 Å². The van der Waals surface area contributed by atoms with Gasteiger partial charge in [0.25, 0.3) is 0 Å². The van der Waals surface area contributed by atoms with Crippen LogP contribution in [-0.4, -0.2) is 35.9 Å². The summed E-state index contributed by atoms with van der Waals surface area (Å²) in [7, 11) is 1.38. The summed E-state index contributed by atoms with van der Waals surface area (Å²) in [6.07, 6.45) is 1.06. The Bertz CT molecular complexity index is 666. The number of carbonyl (C=O) groups is 2. The van der Waals surface area contributed by atoms with Crippen LogP contribution in [0.1, 0.15) is 34.1 Å². The van der Waals surface area contributed by atoms with Gasteiger partial charge >= 0.3 is 11.9 Å². The quantitative estimate of drug-likeness (QED) is 0.840. The van der Waals surface area contributed by atoms with E-state index in [1.807, 2.05) is 30.3 Å². The van der Waals surface area contributed by atoms with Crippen LogP contribution in [0.3, 0.4) is 0 Å². The zero-order chi connectivity index (χ0) is 17.9. The lowest BCUT2D eigenvalue weighted by Crippen LogP contribution is -2.07. The molecule has 6 heteroatoms. The Hall–Kier alpha value is -3.02. The minimum absolute atomic E-state index is 0.252. The van der Waals surface area contributed by atoms with Crippen LogP contribution < -0.4 is 9.47 Å². The predicted molar refractivity (Wildman–Crippen MR) is 89.1 cm³/mol. The first-order chi connectivity index (χ1) is 11.5. The van der Waals surface area contributed by atoms with Gasteiger partial charge in [-0.15, -0.1) is 0 Å². The molecule has 0 saturated carbocycles. The monoisotopic (exact) mass is 332 g/mol. The summed E-state index contributed by atoms with van der Waals surface area (Å²) in [5.41, 5.74) is -0.532. The largest absolute Gasteiger partial charge is 0.497 e. The van der Waals surface area contributed by atoms with E-state index in [9.17, 15) is 9.59 Å². The molecule has 0 heterocycles. The van der Waals surface area contributed by atoms with Crippen molar-refractivity contribution >= 4 is 11.9 Å². The maximum absolute atomic E-state index is 10.7. The van der Waals surface area contributed by atoms with Gasteiger partial charge in [-0.2, -0.15) is 0 Å². The summed E-state index contributed by atoms with van der Waals surface area (Å²) in [4.78, 5) is 21.3. The summed E-state index contributed by atoms with van der Waals surface area (Å²) in [6.45, 7) is 2.91. The number of para-hydroxylation sites is 1. The molecule has 0 aromatic heterocycles. The van der Waals surface area contributed by atoms with Crippen LogP contribution in [0.5, 0.6) is 11.5 Å². The molecule has 0 unspecified atom stereocenters. The van der Waals surface area contributed by atoms with Gasteiger partial charge in [0.05, 0.1) is 24.8 Å². The Labute approximate surface area is 140 Å². The van der Waals surface area contributed by atoms with Crippen LogP contribution >= 0.6 is 0 Å². The van der Waals surface area contributed by atoms with Crippen molar-refractivity contribution in [3.8, 4) is 11.5 Å². The molecule has 0 spiro atoms. The number of aromatic carboxylic acids is 2. The number of carboxylic acids is 2. The summed E-state index contributed by atoms with van der Waals surface area (Å²) >= 11 is 0. The number of benzene rings is 2. The van der Waals surface area contributed by atoms with Crippen LogP contribution in [0.15, 0.2) is 48.5 Å². The molecule has 128 valence electrons. The number of rotatable bonds is 6. The lowest BCUT2D eigenvalue weighted by Gasteiger charge is -2.04. The van der Waals surface area contributed by atoms with Crippen LogP contribution in [-0.2, 0) is 0 Å². The van der Waals surface area contributed by atoms with Gasteiger partial charge < -0.3 is 19.7 Å². The summed E-state index contributed by atoms with van der Waals surface area (Å²) < 4.78 is 10.1. The average molecular weight is 332 g/mol. The highest BCUT2D eigenvalue weighted by atomic mass is 16.5. The van der Waals surface area contributed by atoms with E-state index in [4.69, 9.17) is 19.7 Å². The van der Waals surface area contributed by atoms with E-state index in [-0.39, 0.29) is 11.1 Å². The Morgan fingerprint density at radius 2 is 1.54 bits per heavy atom. The van der Waals surface area contributed by atoms with Crippen LogP contribution in [0.4, 0.5) is 0 Å². The topological polar surface area (TPSA) is 93.1 Å². The molecular formula is C18H20O6. The zero-order valence-electron chi connectivity index (χ0n) is 13.6. The predicted octanol–water partition coefficient (Wildman–Crippen LogP) is 3.57. The van der Waals surface area contributed by atoms with Gasteiger partial charge in [-0.05, 0) is 36.8 Å². The minimum Gasteiger partial charge on any atom is -0.497 e. The fourth-order valence-corrected chi connectivity index (χ4v) is 1.75. The lowest BCUT2D eigenvalue weighted by atomic mass is 10.1. The van der Waals surface area contributed by atoms with Crippen molar-refractivity contribution in [2.75, 3.05) is 13.7 Å².